The normalized spacial score (nSPS) is 10.7. The molecule has 5 nitrogen and oxygen atoms in total. The minimum atomic E-state index is 0.217. The largest absolute Gasteiger partial charge is 0.339 e. The highest BCUT2D eigenvalue weighted by molar-refractivity contribution is 9.11. The van der Waals surface area contributed by atoms with E-state index in [2.05, 4.69) is 52.6 Å². The Labute approximate surface area is 134 Å². The van der Waals surface area contributed by atoms with Crippen molar-refractivity contribution in [1.82, 2.24) is 9.97 Å². The number of aromatic nitrogens is 2. The molecule has 0 aliphatic rings. The third kappa shape index (κ3) is 3.68. The van der Waals surface area contributed by atoms with Crippen LogP contribution >= 0.6 is 31.9 Å². The molecule has 2 aromatic rings. The molecule has 0 radical (unpaired) electrons. The van der Waals surface area contributed by atoms with Gasteiger partial charge in [-0.25, -0.2) is 15.8 Å². The number of nitrogens with two attached hydrogens (primary N) is 1. The van der Waals surface area contributed by atoms with Gasteiger partial charge in [-0.3, -0.25) is 0 Å². The van der Waals surface area contributed by atoms with E-state index in [-0.39, 0.29) is 5.92 Å². The van der Waals surface area contributed by atoms with Crippen LogP contribution in [0.5, 0.6) is 0 Å². The minimum absolute atomic E-state index is 0.217. The summed E-state index contributed by atoms with van der Waals surface area (Å²) in [5, 5.41) is 3.26. The molecule has 106 valence electrons. The Balaban J connectivity index is 2.37. The maximum atomic E-state index is 5.45. The molecule has 7 heteroatoms. The van der Waals surface area contributed by atoms with Gasteiger partial charge in [0.1, 0.15) is 17.5 Å². The van der Waals surface area contributed by atoms with Gasteiger partial charge in [-0.05, 0) is 34.1 Å². The lowest BCUT2D eigenvalue weighted by Crippen LogP contribution is -2.12. The van der Waals surface area contributed by atoms with Gasteiger partial charge >= 0.3 is 0 Å². The molecule has 0 spiro atoms. The molecule has 0 atom stereocenters. The quantitative estimate of drug-likeness (QED) is 0.530. The van der Waals surface area contributed by atoms with E-state index in [1.807, 2.05) is 32.0 Å². The van der Waals surface area contributed by atoms with E-state index in [0.29, 0.717) is 11.6 Å². The molecular weight excluding hydrogens is 386 g/mol. The summed E-state index contributed by atoms with van der Waals surface area (Å²) in [5.74, 6) is 7.67. The van der Waals surface area contributed by atoms with Crippen molar-refractivity contribution in [2.45, 2.75) is 19.8 Å². The number of hydrogen-bond acceptors (Lipinski definition) is 5. The molecule has 0 aliphatic heterocycles. The second-order valence-corrected chi connectivity index (χ2v) is 6.31. The minimum Gasteiger partial charge on any atom is -0.339 e. The zero-order chi connectivity index (χ0) is 14.7. The first-order valence-corrected chi connectivity index (χ1v) is 7.66. The van der Waals surface area contributed by atoms with Crippen LogP contribution in [0.1, 0.15) is 25.6 Å². The summed E-state index contributed by atoms with van der Waals surface area (Å²) >= 11 is 6.95. The summed E-state index contributed by atoms with van der Waals surface area (Å²) in [6.45, 7) is 4.07. The fourth-order valence-corrected chi connectivity index (χ4v) is 2.30. The van der Waals surface area contributed by atoms with Gasteiger partial charge in [-0.15, -0.1) is 0 Å². The SMILES string of the molecule is CC(C)c1nc(NN)cc(Nc2cc(Br)ccc2Br)n1. The van der Waals surface area contributed by atoms with Crippen molar-refractivity contribution in [1.29, 1.82) is 0 Å². The van der Waals surface area contributed by atoms with Crippen molar-refractivity contribution >= 4 is 49.2 Å². The fourth-order valence-electron chi connectivity index (χ4n) is 1.59. The predicted octanol–water partition coefficient (Wildman–Crippen LogP) is 4.15. The van der Waals surface area contributed by atoms with Gasteiger partial charge in [0.25, 0.3) is 0 Å². The first kappa shape index (κ1) is 15.2. The van der Waals surface area contributed by atoms with Crippen molar-refractivity contribution in [2.75, 3.05) is 10.7 Å². The molecule has 20 heavy (non-hydrogen) atoms. The van der Waals surface area contributed by atoms with Crippen LogP contribution in [0, 0.1) is 0 Å². The second-order valence-electron chi connectivity index (χ2n) is 4.54. The van der Waals surface area contributed by atoms with E-state index < -0.39 is 0 Å². The third-order valence-electron chi connectivity index (χ3n) is 2.60. The Morgan fingerprint density at radius 2 is 1.80 bits per heavy atom. The van der Waals surface area contributed by atoms with Gasteiger partial charge in [0.15, 0.2) is 0 Å². The van der Waals surface area contributed by atoms with Gasteiger partial charge in [0.05, 0.1) is 5.69 Å². The average molecular weight is 401 g/mol. The molecule has 0 bridgehead atoms. The highest BCUT2D eigenvalue weighted by atomic mass is 79.9. The number of hydrazine groups is 1. The number of nitrogen functional groups attached to an aromatic ring is 1. The van der Waals surface area contributed by atoms with Crippen LogP contribution in [0.15, 0.2) is 33.2 Å². The van der Waals surface area contributed by atoms with Crippen LogP contribution in [-0.4, -0.2) is 9.97 Å². The van der Waals surface area contributed by atoms with E-state index in [1.165, 1.54) is 0 Å². The van der Waals surface area contributed by atoms with Gasteiger partial charge < -0.3 is 10.7 Å². The van der Waals surface area contributed by atoms with Crippen LogP contribution in [0.2, 0.25) is 0 Å². The Hall–Kier alpha value is -1.18. The average Bonchev–Trinajstić information content (AvgIpc) is 2.42. The number of hydrogen-bond donors (Lipinski definition) is 3. The number of anilines is 3. The Bertz CT molecular complexity index is 616. The summed E-state index contributed by atoms with van der Waals surface area (Å²) < 4.78 is 1.94. The predicted molar refractivity (Wildman–Crippen MR) is 89.1 cm³/mol. The molecule has 0 aliphatic carbocycles. The molecule has 1 aromatic heterocycles. The number of rotatable bonds is 4. The molecule has 2 rings (SSSR count). The molecular formula is C13H15Br2N5. The topological polar surface area (TPSA) is 75.9 Å². The molecule has 0 amide bonds. The molecule has 4 N–H and O–H groups in total. The first-order chi connectivity index (χ1) is 9.49. The van der Waals surface area contributed by atoms with Gasteiger partial charge in [-0.2, -0.15) is 0 Å². The Kier molecular flexibility index (Phi) is 4.95. The highest BCUT2D eigenvalue weighted by Gasteiger charge is 2.09. The van der Waals surface area contributed by atoms with Crippen LogP contribution < -0.4 is 16.6 Å². The van der Waals surface area contributed by atoms with Crippen LogP contribution in [-0.2, 0) is 0 Å². The van der Waals surface area contributed by atoms with Crippen LogP contribution in [0.25, 0.3) is 0 Å². The fraction of sp³-hybridized carbons (Fsp3) is 0.231. The van der Waals surface area contributed by atoms with E-state index in [9.17, 15) is 0 Å². The van der Waals surface area contributed by atoms with Crippen LogP contribution in [0.3, 0.4) is 0 Å². The number of halogens is 2. The highest BCUT2D eigenvalue weighted by Crippen LogP contribution is 2.29. The Morgan fingerprint density at radius 1 is 1.10 bits per heavy atom. The lowest BCUT2D eigenvalue weighted by molar-refractivity contribution is 0.777. The number of benzene rings is 1. The van der Waals surface area contributed by atoms with Crippen molar-refractivity contribution in [2.24, 2.45) is 5.84 Å². The van der Waals surface area contributed by atoms with Gasteiger partial charge in [-0.1, -0.05) is 29.8 Å². The summed E-state index contributed by atoms with van der Waals surface area (Å²) in [6.07, 6.45) is 0. The Morgan fingerprint density at radius 3 is 2.45 bits per heavy atom. The maximum absolute atomic E-state index is 5.45. The molecule has 0 unspecified atom stereocenters. The second kappa shape index (κ2) is 6.51. The van der Waals surface area contributed by atoms with E-state index in [1.54, 1.807) is 6.07 Å². The standard InChI is InChI=1S/C13H15Br2N5/c1-7(2)13-18-11(6-12(19-13)20-16)17-10-5-8(14)3-4-9(10)15/h3-7H,16H2,1-2H3,(H2,17,18,19,20). The van der Waals surface area contributed by atoms with Crippen molar-refractivity contribution in [3.05, 3.63) is 39.0 Å². The summed E-state index contributed by atoms with van der Waals surface area (Å²) in [7, 11) is 0. The summed E-state index contributed by atoms with van der Waals surface area (Å²) in [6, 6.07) is 7.65. The van der Waals surface area contributed by atoms with Gasteiger partial charge in [0, 0.05) is 20.9 Å². The summed E-state index contributed by atoms with van der Waals surface area (Å²) in [4.78, 5) is 8.82. The van der Waals surface area contributed by atoms with E-state index in [0.717, 1.165) is 20.5 Å². The van der Waals surface area contributed by atoms with Crippen molar-refractivity contribution in [3.63, 3.8) is 0 Å². The lowest BCUT2D eigenvalue weighted by atomic mass is 10.2. The monoisotopic (exact) mass is 399 g/mol. The maximum Gasteiger partial charge on any atom is 0.145 e. The zero-order valence-corrected chi connectivity index (χ0v) is 14.3. The van der Waals surface area contributed by atoms with Crippen molar-refractivity contribution < 1.29 is 0 Å². The molecule has 0 fully saturated rings. The van der Waals surface area contributed by atoms with E-state index >= 15 is 0 Å². The molecule has 1 aromatic carbocycles. The third-order valence-corrected chi connectivity index (χ3v) is 3.78. The van der Waals surface area contributed by atoms with Crippen LogP contribution in [0.4, 0.5) is 17.3 Å². The molecule has 1 heterocycles. The number of nitrogens with zero attached hydrogens (tertiary/aromatic N) is 2. The van der Waals surface area contributed by atoms with E-state index in [4.69, 9.17) is 5.84 Å². The molecule has 0 saturated carbocycles. The first-order valence-electron chi connectivity index (χ1n) is 6.07. The van der Waals surface area contributed by atoms with Gasteiger partial charge in [0.2, 0.25) is 0 Å². The smallest absolute Gasteiger partial charge is 0.145 e. The number of nitrogens with one attached hydrogen (secondary N) is 2. The zero-order valence-electron chi connectivity index (χ0n) is 11.1. The molecule has 0 saturated heterocycles. The lowest BCUT2D eigenvalue weighted by Gasteiger charge is -2.12. The summed E-state index contributed by atoms with van der Waals surface area (Å²) in [5.41, 5.74) is 3.48. The van der Waals surface area contributed by atoms with Crippen molar-refractivity contribution in [3.8, 4) is 0 Å².